The van der Waals surface area contributed by atoms with Gasteiger partial charge in [0.2, 0.25) is 5.91 Å². The molecule has 0 radical (unpaired) electrons. The lowest BCUT2D eigenvalue weighted by molar-refractivity contribution is -0.116. The minimum Gasteiger partial charge on any atom is -0.497 e. The summed E-state index contributed by atoms with van der Waals surface area (Å²) in [7, 11) is 1.64. The van der Waals surface area contributed by atoms with Crippen LogP contribution in [0.2, 0.25) is 5.02 Å². The third-order valence-corrected chi connectivity index (χ3v) is 5.63. The van der Waals surface area contributed by atoms with Gasteiger partial charge in [0, 0.05) is 36.7 Å². The maximum atomic E-state index is 12.2. The van der Waals surface area contributed by atoms with Crippen LogP contribution in [0.3, 0.4) is 0 Å². The number of methoxy groups -OCH3 is 1. The summed E-state index contributed by atoms with van der Waals surface area (Å²) in [5, 5.41) is 3.62. The number of hydrogen-bond acceptors (Lipinski definition) is 4. The summed E-state index contributed by atoms with van der Waals surface area (Å²) < 4.78 is 5.14. The van der Waals surface area contributed by atoms with Crippen molar-refractivity contribution in [2.24, 2.45) is 0 Å². The Labute approximate surface area is 163 Å². The molecule has 6 heteroatoms. The van der Waals surface area contributed by atoms with Crippen molar-refractivity contribution in [3.05, 3.63) is 53.1 Å². The first-order chi connectivity index (χ1) is 12.7. The molecule has 0 saturated carbocycles. The largest absolute Gasteiger partial charge is 0.497 e. The van der Waals surface area contributed by atoms with Gasteiger partial charge < -0.3 is 15.0 Å². The molecule has 0 aromatic heterocycles. The smallest absolute Gasteiger partial charge is 0.224 e. The molecule has 1 aliphatic rings. The highest BCUT2D eigenvalue weighted by Crippen LogP contribution is 2.30. The number of carbonyl (C=O) groups is 1. The molecule has 2 aromatic rings. The molecule has 0 bridgehead atoms. The van der Waals surface area contributed by atoms with E-state index in [0.29, 0.717) is 17.9 Å². The Morgan fingerprint density at radius 1 is 1.19 bits per heavy atom. The predicted octanol–water partition coefficient (Wildman–Crippen LogP) is 4.47. The molecule has 138 valence electrons. The molecule has 0 aliphatic carbocycles. The number of halogens is 1. The maximum Gasteiger partial charge on any atom is 0.224 e. The van der Waals surface area contributed by atoms with E-state index in [2.05, 4.69) is 10.2 Å². The molecule has 26 heavy (non-hydrogen) atoms. The molecule has 3 rings (SSSR count). The van der Waals surface area contributed by atoms with Crippen LogP contribution in [0.15, 0.2) is 42.5 Å². The highest BCUT2D eigenvalue weighted by molar-refractivity contribution is 7.99. The summed E-state index contributed by atoms with van der Waals surface area (Å²) in [5.74, 6) is 3.06. The van der Waals surface area contributed by atoms with Crippen molar-refractivity contribution in [2.75, 3.05) is 41.9 Å². The van der Waals surface area contributed by atoms with E-state index in [4.69, 9.17) is 16.3 Å². The summed E-state index contributed by atoms with van der Waals surface area (Å²) in [4.78, 5) is 14.5. The summed E-state index contributed by atoms with van der Waals surface area (Å²) in [6.07, 6.45) is 1.11. The molecular weight excluding hydrogens is 368 g/mol. The second kappa shape index (κ2) is 9.19. The number of nitrogens with one attached hydrogen (secondary N) is 1. The van der Waals surface area contributed by atoms with Gasteiger partial charge in [0.25, 0.3) is 0 Å². The third kappa shape index (κ3) is 5.08. The van der Waals surface area contributed by atoms with E-state index in [1.54, 1.807) is 7.11 Å². The Morgan fingerprint density at radius 3 is 2.58 bits per heavy atom. The van der Waals surface area contributed by atoms with Crippen molar-refractivity contribution in [1.82, 2.24) is 0 Å². The molecule has 1 aliphatic heterocycles. The van der Waals surface area contributed by atoms with E-state index in [9.17, 15) is 4.79 Å². The fourth-order valence-electron chi connectivity index (χ4n) is 2.92. The van der Waals surface area contributed by atoms with Crippen LogP contribution in [-0.4, -0.2) is 37.6 Å². The lowest BCUT2D eigenvalue weighted by Gasteiger charge is -2.29. The first kappa shape index (κ1) is 18.9. The Morgan fingerprint density at radius 2 is 1.92 bits per heavy atom. The van der Waals surface area contributed by atoms with Gasteiger partial charge in [-0.15, -0.1) is 0 Å². The van der Waals surface area contributed by atoms with Gasteiger partial charge in [-0.05, 0) is 42.3 Å². The molecule has 2 aromatic carbocycles. The predicted molar refractivity (Wildman–Crippen MR) is 111 cm³/mol. The van der Waals surface area contributed by atoms with Crippen LogP contribution in [0.5, 0.6) is 5.75 Å². The van der Waals surface area contributed by atoms with E-state index in [0.717, 1.165) is 47.3 Å². The summed E-state index contributed by atoms with van der Waals surface area (Å²) in [6, 6.07) is 13.5. The normalized spacial score (nSPS) is 14.2. The van der Waals surface area contributed by atoms with Gasteiger partial charge in [0.15, 0.2) is 0 Å². The van der Waals surface area contributed by atoms with Crippen molar-refractivity contribution in [2.45, 2.75) is 12.8 Å². The highest BCUT2D eigenvalue weighted by atomic mass is 35.5. The third-order valence-electron chi connectivity index (χ3n) is 4.38. The Kier molecular flexibility index (Phi) is 6.69. The van der Waals surface area contributed by atoms with E-state index in [1.807, 2.05) is 54.2 Å². The first-order valence-corrected chi connectivity index (χ1v) is 10.2. The molecule has 1 fully saturated rings. The fourth-order valence-corrected chi connectivity index (χ4v) is 4.12. The molecule has 4 nitrogen and oxygen atoms in total. The zero-order valence-corrected chi connectivity index (χ0v) is 16.4. The van der Waals surface area contributed by atoms with Gasteiger partial charge in [0.05, 0.1) is 17.8 Å². The molecule has 1 saturated heterocycles. The number of amides is 1. The zero-order chi connectivity index (χ0) is 18.4. The van der Waals surface area contributed by atoms with E-state index in [-0.39, 0.29) is 5.91 Å². The van der Waals surface area contributed by atoms with Crippen LogP contribution in [0.1, 0.15) is 12.0 Å². The Bertz CT molecular complexity index is 746. The Hall–Kier alpha value is -1.85. The van der Waals surface area contributed by atoms with Gasteiger partial charge >= 0.3 is 0 Å². The quantitative estimate of drug-likeness (QED) is 0.789. The number of anilines is 2. The fraction of sp³-hybridized carbons (Fsp3) is 0.350. The van der Waals surface area contributed by atoms with Gasteiger partial charge in [-0.2, -0.15) is 11.8 Å². The van der Waals surface area contributed by atoms with Crippen LogP contribution < -0.4 is 15.0 Å². The van der Waals surface area contributed by atoms with Crippen LogP contribution in [0.4, 0.5) is 11.4 Å². The molecule has 0 spiro atoms. The summed E-state index contributed by atoms with van der Waals surface area (Å²) >= 11 is 8.40. The summed E-state index contributed by atoms with van der Waals surface area (Å²) in [6.45, 7) is 2.02. The minimum absolute atomic E-state index is 0.0148. The zero-order valence-electron chi connectivity index (χ0n) is 14.8. The van der Waals surface area contributed by atoms with Gasteiger partial charge in [-0.25, -0.2) is 0 Å². The van der Waals surface area contributed by atoms with Crippen molar-refractivity contribution in [3.63, 3.8) is 0 Å². The Balaban J connectivity index is 1.54. The topological polar surface area (TPSA) is 41.6 Å². The van der Waals surface area contributed by atoms with Crippen molar-refractivity contribution >= 4 is 40.6 Å². The average molecular weight is 391 g/mol. The minimum atomic E-state index is -0.0148. The molecule has 0 atom stereocenters. The van der Waals surface area contributed by atoms with E-state index in [1.165, 1.54) is 0 Å². The monoisotopic (exact) mass is 390 g/mol. The van der Waals surface area contributed by atoms with Crippen molar-refractivity contribution < 1.29 is 9.53 Å². The first-order valence-electron chi connectivity index (χ1n) is 8.71. The molecule has 1 amide bonds. The van der Waals surface area contributed by atoms with E-state index >= 15 is 0 Å². The van der Waals surface area contributed by atoms with Crippen LogP contribution in [0.25, 0.3) is 0 Å². The lowest BCUT2D eigenvalue weighted by atomic mass is 10.1. The van der Waals surface area contributed by atoms with Crippen LogP contribution >= 0.6 is 23.4 Å². The van der Waals surface area contributed by atoms with E-state index < -0.39 is 0 Å². The number of ether oxygens (including phenoxy) is 1. The maximum absolute atomic E-state index is 12.2. The number of benzene rings is 2. The van der Waals surface area contributed by atoms with Crippen molar-refractivity contribution in [1.29, 1.82) is 0 Å². The van der Waals surface area contributed by atoms with Crippen LogP contribution in [0, 0.1) is 0 Å². The summed E-state index contributed by atoms with van der Waals surface area (Å²) in [5.41, 5.74) is 2.89. The molecule has 1 N–H and O–H groups in total. The van der Waals surface area contributed by atoms with Crippen molar-refractivity contribution in [3.8, 4) is 5.75 Å². The molecule has 1 heterocycles. The highest BCUT2D eigenvalue weighted by Gasteiger charge is 2.14. The second-order valence-corrected chi connectivity index (χ2v) is 7.79. The van der Waals surface area contributed by atoms with Crippen LogP contribution in [-0.2, 0) is 11.2 Å². The number of aryl methyl sites for hydroxylation is 1. The average Bonchev–Trinajstić information content (AvgIpc) is 2.67. The lowest BCUT2D eigenvalue weighted by Crippen LogP contribution is -2.32. The SMILES string of the molecule is COc1ccc(CCC(=O)Nc2ccc(N3CCSCC3)c(Cl)c2)cc1. The van der Waals surface area contributed by atoms with Gasteiger partial charge in [-0.1, -0.05) is 23.7 Å². The van der Waals surface area contributed by atoms with Gasteiger partial charge in [-0.3, -0.25) is 4.79 Å². The number of hydrogen-bond donors (Lipinski definition) is 1. The second-order valence-electron chi connectivity index (χ2n) is 6.16. The number of nitrogens with zero attached hydrogens (tertiary/aromatic N) is 1. The van der Waals surface area contributed by atoms with Gasteiger partial charge in [0.1, 0.15) is 5.75 Å². The molecular formula is C20H23ClN2O2S. The number of carbonyl (C=O) groups excluding carboxylic acids is 1. The standard InChI is InChI=1S/C20H23ClN2O2S/c1-25-17-6-2-15(3-7-17)4-9-20(24)22-16-5-8-19(18(21)14-16)23-10-12-26-13-11-23/h2-3,5-8,14H,4,9-13H2,1H3,(H,22,24). The number of rotatable bonds is 6. The number of thioether (sulfide) groups is 1. The molecule has 0 unspecified atom stereocenters.